The van der Waals surface area contributed by atoms with Crippen molar-refractivity contribution in [1.29, 1.82) is 0 Å². The minimum atomic E-state index is -0.186. The summed E-state index contributed by atoms with van der Waals surface area (Å²) in [7, 11) is 0. The number of aryl methyl sites for hydroxylation is 2. The van der Waals surface area contributed by atoms with E-state index in [2.05, 4.69) is 14.9 Å². The van der Waals surface area contributed by atoms with E-state index in [0.717, 1.165) is 28.5 Å². The second-order valence-electron chi connectivity index (χ2n) is 5.30. The molecule has 0 saturated carbocycles. The number of hydrogen-bond donors (Lipinski definition) is 1. The summed E-state index contributed by atoms with van der Waals surface area (Å²) in [5.41, 5.74) is 2.56. The Hall–Kier alpha value is -2.73. The van der Waals surface area contributed by atoms with Gasteiger partial charge in [-0.15, -0.1) is 5.10 Å². The van der Waals surface area contributed by atoms with Gasteiger partial charge < -0.3 is 10.1 Å². The third-order valence-electron chi connectivity index (χ3n) is 3.43. The zero-order valence-electron chi connectivity index (χ0n) is 13.4. The zero-order valence-corrected chi connectivity index (χ0v) is 14.3. The molecule has 3 rings (SSSR count). The van der Waals surface area contributed by atoms with Gasteiger partial charge in [-0.05, 0) is 66.8 Å². The minimum absolute atomic E-state index is 0.186. The van der Waals surface area contributed by atoms with Crippen molar-refractivity contribution in [2.75, 3.05) is 5.32 Å². The molecule has 1 N–H and O–H groups in total. The van der Waals surface area contributed by atoms with Gasteiger partial charge >= 0.3 is 0 Å². The summed E-state index contributed by atoms with van der Waals surface area (Å²) in [5, 5.41) is 6.81. The van der Waals surface area contributed by atoms with Crippen molar-refractivity contribution in [2.24, 2.45) is 0 Å². The van der Waals surface area contributed by atoms with Gasteiger partial charge in [0.25, 0.3) is 5.91 Å². The summed E-state index contributed by atoms with van der Waals surface area (Å²) in [6, 6.07) is 15.1. The fourth-order valence-electron chi connectivity index (χ4n) is 2.22. The lowest BCUT2D eigenvalue weighted by molar-refractivity contribution is 0.102. The Morgan fingerprint density at radius 1 is 1.17 bits per heavy atom. The molecule has 1 amide bonds. The number of carbonyl (C=O) groups excluding carboxylic acids is 1. The maximum atomic E-state index is 12.3. The number of aromatic nitrogens is 2. The first kappa shape index (κ1) is 16.1. The maximum absolute atomic E-state index is 12.3. The highest BCUT2D eigenvalue weighted by Gasteiger charge is 2.15. The van der Waals surface area contributed by atoms with Gasteiger partial charge in [0.1, 0.15) is 16.4 Å². The van der Waals surface area contributed by atoms with Crippen LogP contribution in [0.1, 0.15) is 27.9 Å². The van der Waals surface area contributed by atoms with Gasteiger partial charge in [0, 0.05) is 5.69 Å². The zero-order chi connectivity index (χ0) is 16.9. The lowest BCUT2D eigenvalue weighted by Gasteiger charge is -2.08. The molecule has 0 bridgehead atoms. The molecule has 0 fully saturated rings. The number of carbonyl (C=O) groups is 1. The highest BCUT2D eigenvalue weighted by atomic mass is 32.1. The third kappa shape index (κ3) is 3.78. The number of hydrogen-bond acceptors (Lipinski definition) is 5. The Morgan fingerprint density at radius 3 is 2.67 bits per heavy atom. The Morgan fingerprint density at radius 2 is 1.96 bits per heavy atom. The van der Waals surface area contributed by atoms with Gasteiger partial charge in [0.2, 0.25) is 0 Å². The largest absolute Gasteiger partial charge is 0.457 e. The SMILES string of the molecule is CCc1nnsc1C(=O)Nc1ccc(Oc2cccc(C)c2)cc1. The van der Waals surface area contributed by atoms with E-state index in [0.29, 0.717) is 22.7 Å². The molecule has 6 heteroatoms. The molecule has 0 aliphatic carbocycles. The number of anilines is 1. The summed E-state index contributed by atoms with van der Waals surface area (Å²) >= 11 is 1.11. The molecule has 1 heterocycles. The van der Waals surface area contributed by atoms with Crippen LogP contribution in [0.4, 0.5) is 5.69 Å². The van der Waals surface area contributed by atoms with Gasteiger partial charge in [0.05, 0.1) is 5.69 Å². The quantitative estimate of drug-likeness (QED) is 0.746. The molecule has 0 aliphatic rings. The summed E-state index contributed by atoms with van der Waals surface area (Å²) < 4.78 is 9.63. The predicted molar refractivity (Wildman–Crippen MR) is 94.9 cm³/mol. The van der Waals surface area contributed by atoms with E-state index in [1.807, 2.05) is 62.4 Å². The van der Waals surface area contributed by atoms with Gasteiger partial charge in [-0.25, -0.2) is 0 Å². The molecule has 1 aromatic heterocycles. The number of ether oxygens (including phenoxy) is 1. The highest BCUT2D eigenvalue weighted by molar-refractivity contribution is 7.08. The van der Waals surface area contributed by atoms with Gasteiger partial charge in [-0.3, -0.25) is 4.79 Å². The van der Waals surface area contributed by atoms with E-state index >= 15 is 0 Å². The van der Waals surface area contributed by atoms with Crippen molar-refractivity contribution in [3.8, 4) is 11.5 Å². The molecule has 0 radical (unpaired) electrons. The Balaban J connectivity index is 1.67. The van der Waals surface area contributed by atoms with E-state index in [-0.39, 0.29) is 5.91 Å². The van der Waals surface area contributed by atoms with Crippen molar-refractivity contribution >= 4 is 23.1 Å². The van der Waals surface area contributed by atoms with Gasteiger partial charge in [-0.1, -0.05) is 23.5 Å². The van der Waals surface area contributed by atoms with Crippen LogP contribution in [0.25, 0.3) is 0 Å². The van der Waals surface area contributed by atoms with Crippen LogP contribution in [-0.2, 0) is 6.42 Å². The molecule has 0 aliphatic heterocycles. The van der Waals surface area contributed by atoms with E-state index in [1.165, 1.54) is 0 Å². The lowest BCUT2D eigenvalue weighted by Crippen LogP contribution is -2.12. The average Bonchev–Trinajstić information content (AvgIpc) is 3.05. The molecule has 0 unspecified atom stereocenters. The smallest absolute Gasteiger partial charge is 0.269 e. The average molecular weight is 339 g/mol. The molecule has 24 heavy (non-hydrogen) atoms. The summed E-state index contributed by atoms with van der Waals surface area (Å²) in [6.07, 6.45) is 0.683. The van der Waals surface area contributed by atoms with Crippen molar-refractivity contribution < 1.29 is 9.53 Å². The van der Waals surface area contributed by atoms with E-state index in [9.17, 15) is 4.79 Å². The lowest BCUT2D eigenvalue weighted by atomic mass is 10.2. The van der Waals surface area contributed by atoms with Crippen molar-refractivity contribution in [3.05, 3.63) is 64.7 Å². The number of nitrogens with zero attached hydrogens (tertiary/aromatic N) is 2. The molecule has 122 valence electrons. The molecule has 3 aromatic rings. The second-order valence-corrected chi connectivity index (χ2v) is 6.05. The number of rotatable bonds is 5. The maximum Gasteiger partial charge on any atom is 0.269 e. The topological polar surface area (TPSA) is 64.1 Å². The number of nitrogens with one attached hydrogen (secondary N) is 1. The Labute approximate surface area is 144 Å². The van der Waals surface area contributed by atoms with Crippen LogP contribution in [0.3, 0.4) is 0 Å². The molecule has 5 nitrogen and oxygen atoms in total. The fraction of sp³-hybridized carbons (Fsp3) is 0.167. The third-order valence-corrected chi connectivity index (χ3v) is 4.20. The molecule has 0 atom stereocenters. The Bertz CT molecular complexity index is 843. The Kier molecular flexibility index (Phi) is 4.86. The molecule has 0 saturated heterocycles. The fourth-order valence-corrected chi connectivity index (χ4v) is 2.87. The van der Waals surface area contributed by atoms with E-state index < -0.39 is 0 Å². The van der Waals surface area contributed by atoms with Crippen molar-refractivity contribution in [2.45, 2.75) is 20.3 Å². The number of amides is 1. The molecular formula is C18H17N3O2S. The number of benzene rings is 2. The van der Waals surface area contributed by atoms with Crippen LogP contribution in [0.2, 0.25) is 0 Å². The summed E-state index contributed by atoms with van der Waals surface area (Å²) in [6.45, 7) is 3.97. The highest BCUT2D eigenvalue weighted by Crippen LogP contribution is 2.24. The van der Waals surface area contributed by atoms with Crippen LogP contribution in [-0.4, -0.2) is 15.5 Å². The minimum Gasteiger partial charge on any atom is -0.457 e. The first-order valence-electron chi connectivity index (χ1n) is 7.63. The summed E-state index contributed by atoms with van der Waals surface area (Å²) in [5.74, 6) is 1.32. The predicted octanol–water partition coefficient (Wildman–Crippen LogP) is 4.45. The van der Waals surface area contributed by atoms with Crippen molar-refractivity contribution in [3.63, 3.8) is 0 Å². The van der Waals surface area contributed by atoms with E-state index in [1.54, 1.807) is 0 Å². The normalized spacial score (nSPS) is 10.4. The molecule has 2 aromatic carbocycles. The van der Waals surface area contributed by atoms with E-state index in [4.69, 9.17) is 4.74 Å². The second kappa shape index (κ2) is 7.23. The monoisotopic (exact) mass is 339 g/mol. The first-order valence-corrected chi connectivity index (χ1v) is 8.40. The van der Waals surface area contributed by atoms with Gasteiger partial charge in [-0.2, -0.15) is 0 Å². The molecular weight excluding hydrogens is 322 g/mol. The van der Waals surface area contributed by atoms with Gasteiger partial charge in [0.15, 0.2) is 0 Å². The van der Waals surface area contributed by atoms with Crippen LogP contribution in [0.5, 0.6) is 11.5 Å². The molecule has 0 spiro atoms. The van der Waals surface area contributed by atoms with Crippen molar-refractivity contribution in [1.82, 2.24) is 9.59 Å². The summed E-state index contributed by atoms with van der Waals surface area (Å²) in [4.78, 5) is 12.8. The first-order chi connectivity index (χ1) is 11.7. The standard InChI is InChI=1S/C18H17N3O2S/c1-3-16-17(24-21-20-16)18(22)19-13-7-9-14(10-8-13)23-15-6-4-5-12(2)11-15/h4-11H,3H2,1-2H3,(H,19,22). The van der Waals surface area contributed by atoms with Crippen LogP contribution in [0, 0.1) is 6.92 Å². The van der Waals surface area contributed by atoms with Crippen LogP contribution < -0.4 is 10.1 Å². The van der Waals surface area contributed by atoms with Crippen LogP contribution >= 0.6 is 11.5 Å². The van der Waals surface area contributed by atoms with Crippen LogP contribution in [0.15, 0.2) is 48.5 Å².